The van der Waals surface area contributed by atoms with Gasteiger partial charge in [0.15, 0.2) is 0 Å². The topological polar surface area (TPSA) is 52.6 Å². The number of nitrogens with one attached hydrogen (secondary N) is 1. The summed E-state index contributed by atoms with van der Waals surface area (Å²) >= 11 is 0. The number of carbonyl (C=O) groups excluding carboxylic acids is 1. The molecule has 1 rings (SSSR count). The number of likely N-dealkylation sites (tertiary alicyclic amines) is 1. The molecule has 4 nitrogen and oxygen atoms in total. The highest BCUT2D eigenvalue weighted by Gasteiger charge is 2.20. The van der Waals surface area contributed by atoms with Crippen molar-refractivity contribution in [2.45, 2.75) is 39.2 Å². The summed E-state index contributed by atoms with van der Waals surface area (Å²) in [5.74, 6) is 0.711. The largest absolute Gasteiger partial charge is 0.396 e. The zero-order valence-electron chi connectivity index (χ0n) is 10.4. The number of piperidine rings is 1. The maximum Gasteiger partial charge on any atom is 0.219 e. The second-order valence-electron chi connectivity index (χ2n) is 4.81. The highest BCUT2D eigenvalue weighted by atomic mass is 16.3. The van der Waals surface area contributed by atoms with E-state index in [4.69, 9.17) is 5.11 Å². The fraction of sp³-hybridized carbons (Fsp3) is 0.917. The van der Waals surface area contributed by atoms with Crippen LogP contribution >= 0.6 is 0 Å². The molecule has 0 aromatic heterocycles. The van der Waals surface area contributed by atoms with Gasteiger partial charge in [0, 0.05) is 32.7 Å². The number of amides is 1. The van der Waals surface area contributed by atoms with Gasteiger partial charge in [-0.1, -0.05) is 6.92 Å². The minimum absolute atomic E-state index is 0.187. The fourth-order valence-corrected chi connectivity index (χ4v) is 2.09. The summed E-state index contributed by atoms with van der Waals surface area (Å²) in [5, 5.41) is 12.3. The molecule has 1 unspecified atom stereocenters. The second-order valence-corrected chi connectivity index (χ2v) is 4.81. The summed E-state index contributed by atoms with van der Waals surface area (Å²) in [7, 11) is 0. The van der Waals surface area contributed by atoms with Crippen molar-refractivity contribution in [2.75, 3.05) is 26.2 Å². The Morgan fingerprint density at radius 1 is 1.50 bits per heavy atom. The average molecular weight is 228 g/mol. The quantitative estimate of drug-likeness (QED) is 0.725. The van der Waals surface area contributed by atoms with Gasteiger partial charge in [-0.05, 0) is 31.7 Å². The lowest BCUT2D eigenvalue weighted by molar-refractivity contribution is -0.129. The number of hydrogen-bond acceptors (Lipinski definition) is 3. The minimum atomic E-state index is 0.187. The van der Waals surface area contributed by atoms with Gasteiger partial charge >= 0.3 is 0 Å². The second kappa shape index (κ2) is 6.86. The van der Waals surface area contributed by atoms with Crippen LogP contribution in [-0.2, 0) is 4.79 Å². The van der Waals surface area contributed by atoms with Gasteiger partial charge in [0.25, 0.3) is 0 Å². The monoisotopic (exact) mass is 228 g/mol. The first-order chi connectivity index (χ1) is 7.63. The lowest BCUT2D eigenvalue weighted by atomic mass is 10.0. The average Bonchev–Trinajstić information content (AvgIpc) is 2.27. The number of nitrogens with zero attached hydrogens (tertiary/aromatic N) is 1. The molecule has 0 aliphatic carbocycles. The third-order valence-corrected chi connectivity index (χ3v) is 3.32. The Morgan fingerprint density at radius 2 is 2.12 bits per heavy atom. The number of aliphatic hydroxyl groups excluding tert-OH is 1. The summed E-state index contributed by atoms with van der Waals surface area (Å²) in [6.07, 6.45) is 2.95. The van der Waals surface area contributed by atoms with E-state index >= 15 is 0 Å². The van der Waals surface area contributed by atoms with Crippen LogP contribution in [0, 0.1) is 5.92 Å². The van der Waals surface area contributed by atoms with E-state index in [-0.39, 0.29) is 12.5 Å². The van der Waals surface area contributed by atoms with Gasteiger partial charge < -0.3 is 15.3 Å². The molecule has 4 heteroatoms. The van der Waals surface area contributed by atoms with Crippen LogP contribution in [0.25, 0.3) is 0 Å². The number of hydrogen-bond donors (Lipinski definition) is 2. The first-order valence-corrected chi connectivity index (χ1v) is 6.23. The Morgan fingerprint density at radius 3 is 2.62 bits per heavy atom. The van der Waals surface area contributed by atoms with Crippen LogP contribution in [0.15, 0.2) is 0 Å². The van der Waals surface area contributed by atoms with Crippen LogP contribution in [0.4, 0.5) is 0 Å². The maximum atomic E-state index is 11.1. The Hall–Kier alpha value is -0.610. The molecule has 1 amide bonds. The molecule has 0 saturated carbocycles. The van der Waals surface area contributed by atoms with Crippen molar-refractivity contribution in [1.29, 1.82) is 0 Å². The summed E-state index contributed by atoms with van der Waals surface area (Å²) in [6, 6.07) is 0.539. The smallest absolute Gasteiger partial charge is 0.219 e. The van der Waals surface area contributed by atoms with Crippen molar-refractivity contribution in [3.05, 3.63) is 0 Å². The molecule has 1 atom stereocenters. The molecule has 1 aliphatic rings. The van der Waals surface area contributed by atoms with Crippen molar-refractivity contribution in [3.63, 3.8) is 0 Å². The molecular formula is C12H24N2O2. The predicted molar refractivity (Wildman–Crippen MR) is 64.1 cm³/mol. The predicted octanol–water partition coefficient (Wildman–Crippen LogP) is 0.605. The van der Waals surface area contributed by atoms with E-state index in [1.54, 1.807) is 6.92 Å². The first kappa shape index (κ1) is 13.5. The van der Waals surface area contributed by atoms with E-state index in [2.05, 4.69) is 12.2 Å². The number of aliphatic hydroxyl groups is 1. The molecule has 0 aromatic rings. The zero-order valence-corrected chi connectivity index (χ0v) is 10.4. The van der Waals surface area contributed by atoms with Gasteiger partial charge in [-0.3, -0.25) is 4.79 Å². The maximum absolute atomic E-state index is 11.1. The molecule has 1 heterocycles. The molecule has 0 bridgehead atoms. The molecule has 2 N–H and O–H groups in total. The molecule has 0 spiro atoms. The highest BCUT2D eigenvalue weighted by molar-refractivity contribution is 5.73. The molecule has 16 heavy (non-hydrogen) atoms. The van der Waals surface area contributed by atoms with Crippen molar-refractivity contribution >= 4 is 5.91 Å². The van der Waals surface area contributed by atoms with Crippen LogP contribution < -0.4 is 5.32 Å². The highest BCUT2D eigenvalue weighted by Crippen LogP contribution is 2.11. The van der Waals surface area contributed by atoms with E-state index in [0.717, 1.165) is 38.9 Å². The van der Waals surface area contributed by atoms with E-state index in [0.29, 0.717) is 12.0 Å². The van der Waals surface area contributed by atoms with Crippen LogP contribution in [0.2, 0.25) is 0 Å². The molecule has 0 radical (unpaired) electrons. The zero-order chi connectivity index (χ0) is 12.0. The van der Waals surface area contributed by atoms with Gasteiger partial charge in [-0.2, -0.15) is 0 Å². The normalized spacial score (nSPS) is 19.8. The summed E-state index contributed by atoms with van der Waals surface area (Å²) in [4.78, 5) is 13.0. The Kier molecular flexibility index (Phi) is 5.77. The van der Waals surface area contributed by atoms with Crippen molar-refractivity contribution < 1.29 is 9.90 Å². The lowest BCUT2D eigenvalue weighted by Crippen LogP contribution is -2.45. The Balaban J connectivity index is 2.14. The van der Waals surface area contributed by atoms with E-state index < -0.39 is 0 Å². The van der Waals surface area contributed by atoms with Crippen molar-refractivity contribution in [1.82, 2.24) is 10.2 Å². The van der Waals surface area contributed by atoms with E-state index in [1.807, 2.05) is 4.90 Å². The Labute approximate surface area is 98.0 Å². The molecular weight excluding hydrogens is 204 g/mol. The van der Waals surface area contributed by atoms with Crippen molar-refractivity contribution in [2.24, 2.45) is 5.92 Å². The van der Waals surface area contributed by atoms with Gasteiger partial charge in [0.05, 0.1) is 0 Å². The first-order valence-electron chi connectivity index (χ1n) is 6.23. The van der Waals surface area contributed by atoms with Gasteiger partial charge in [0.1, 0.15) is 0 Å². The molecule has 1 aliphatic heterocycles. The number of rotatable bonds is 5. The molecule has 1 fully saturated rings. The standard InChI is InChI=1S/C12H24N2O2/c1-10(5-8-15)9-13-12-3-6-14(7-4-12)11(2)16/h10,12-13,15H,3-9H2,1-2H3. The van der Waals surface area contributed by atoms with Crippen LogP contribution in [0.1, 0.15) is 33.1 Å². The van der Waals surface area contributed by atoms with Gasteiger partial charge in [0.2, 0.25) is 5.91 Å². The van der Waals surface area contributed by atoms with Crippen molar-refractivity contribution in [3.8, 4) is 0 Å². The number of carbonyl (C=O) groups is 1. The van der Waals surface area contributed by atoms with Gasteiger partial charge in [-0.15, -0.1) is 0 Å². The van der Waals surface area contributed by atoms with Crippen LogP contribution in [0.3, 0.4) is 0 Å². The SMILES string of the molecule is CC(=O)N1CCC(NCC(C)CCO)CC1. The molecule has 1 saturated heterocycles. The summed E-state index contributed by atoms with van der Waals surface area (Å²) in [6.45, 7) is 6.77. The van der Waals surface area contributed by atoms with Crippen LogP contribution in [0.5, 0.6) is 0 Å². The fourth-order valence-electron chi connectivity index (χ4n) is 2.09. The summed E-state index contributed by atoms with van der Waals surface area (Å²) in [5.41, 5.74) is 0. The summed E-state index contributed by atoms with van der Waals surface area (Å²) < 4.78 is 0. The molecule has 0 aromatic carbocycles. The van der Waals surface area contributed by atoms with Gasteiger partial charge in [-0.25, -0.2) is 0 Å². The van der Waals surface area contributed by atoms with E-state index in [9.17, 15) is 4.79 Å². The minimum Gasteiger partial charge on any atom is -0.396 e. The lowest BCUT2D eigenvalue weighted by Gasteiger charge is -2.32. The third-order valence-electron chi connectivity index (χ3n) is 3.32. The third kappa shape index (κ3) is 4.49. The van der Waals surface area contributed by atoms with Crippen LogP contribution in [-0.4, -0.2) is 48.2 Å². The molecule has 94 valence electrons. The van der Waals surface area contributed by atoms with E-state index in [1.165, 1.54) is 0 Å². The Bertz CT molecular complexity index is 213.